The Labute approximate surface area is 207 Å². The monoisotopic (exact) mass is 558 g/mol. The Hall–Kier alpha value is -1.72. The zero-order valence-corrected chi connectivity index (χ0v) is 21.1. The van der Waals surface area contributed by atoms with E-state index in [1.807, 2.05) is 6.92 Å². The van der Waals surface area contributed by atoms with Crippen LogP contribution in [0.2, 0.25) is 0 Å². The number of rotatable bonds is 12. The van der Waals surface area contributed by atoms with Gasteiger partial charge in [0.1, 0.15) is 0 Å². The number of ether oxygens (including phenoxy) is 2. The fraction of sp³-hybridized carbons (Fsp3) is 0.609. The molecule has 3 rings (SSSR count). The van der Waals surface area contributed by atoms with Gasteiger partial charge in [0, 0.05) is 45.3 Å². The number of benzene rings is 1. The molecule has 2 aliphatic rings. The lowest BCUT2D eigenvalue weighted by Gasteiger charge is -2.15. The van der Waals surface area contributed by atoms with E-state index in [0.29, 0.717) is 36.7 Å². The Bertz CT molecular complexity index is 733. The first-order chi connectivity index (χ1) is 15.2. The Balaban J connectivity index is 0.00000363. The van der Waals surface area contributed by atoms with Crippen LogP contribution in [0.15, 0.2) is 29.3 Å². The fourth-order valence-corrected chi connectivity index (χ4v) is 3.71. The van der Waals surface area contributed by atoms with Gasteiger partial charge in [0.15, 0.2) is 5.96 Å². The highest BCUT2D eigenvalue weighted by Crippen LogP contribution is 2.22. The van der Waals surface area contributed by atoms with Crippen LogP contribution in [-0.2, 0) is 9.47 Å². The van der Waals surface area contributed by atoms with Crippen molar-refractivity contribution in [2.75, 3.05) is 52.6 Å². The largest absolute Gasteiger partial charge is 0.381 e. The lowest BCUT2D eigenvalue weighted by Crippen LogP contribution is -2.38. The number of guanidine groups is 1. The quantitative estimate of drug-likeness (QED) is 0.135. The summed E-state index contributed by atoms with van der Waals surface area (Å²) in [4.78, 5) is 30.7. The summed E-state index contributed by atoms with van der Waals surface area (Å²) in [6.07, 6.45) is 3.56. The van der Waals surface area contributed by atoms with Crippen molar-refractivity contribution >= 4 is 41.8 Å². The van der Waals surface area contributed by atoms with Crippen molar-refractivity contribution in [1.29, 1.82) is 0 Å². The Morgan fingerprint density at radius 1 is 1.16 bits per heavy atom. The van der Waals surface area contributed by atoms with Crippen LogP contribution < -0.4 is 10.6 Å². The molecule has 2 aliphatic heterocycles. The van der Waals surface area contributed by atoms with E-state index in [1.165, 1.54) is 4.90 Å². The van der Waals surface area contributed by atoms with Crippen LogP contribution in [0, 0.1) is 5.92 Å². The normalized spacial score (nSPS) is 18.0. The summed E-state index contributed by atoms with van der Waals surface area (Å²) < 4.78 is 11.1. The summed E-state index contributed by atoms with van der Waals surface area (Å²) in [6, 6.07) is 7.00. The van der Waals surface area contributed by atoms with Crippen LogP contribution in [0.25, 0.3) is 0 Å². The number of aliphatic imine (C=N–C) groups is 1. The molecule has 0 aromatic heterocycles. The fourth-order valence-electron chi connectivity index (χ4n) is 3.71. The molecule has 2 N–H and O–H groups in total. The van der Waals surface area contributed by atoms with E-state index in [0.717, 1.165) is 64.6 Å². The number of unbranched alkanes of at least 4 members (excludes halogenated alkanes) is 1. The van der Waals surface area contributed by atoms with Crippen molar-refractivity contribution in [1.82, 2.24) is 15.5 Å². The number of imide groups is 1. The SMILES string of the molecule is CCNC(=NCCCOCC1CCOC1)NCCCCN1C(=O)c2ccccc2C1=O.I. The van der Waals surface area contributed by atoms with Gasteiger partial charge in [-0.1, -0.05) is 12.1 Å². The van der Waals surface area contributed by atoms with E-state index >= 15 is 0 Å². The molecule has 0 aliphatic carbocycles. The Morgan fingerprint density at radius 2 is 1.91 bits per heavy atom. The van der Waals surface area contributed by atoms with Crippen LogP contribution in [0.4, 0.5) is 0 Å². The Kier molecular flexibility index (Phi) is 12.0. The van der Waals surface area contributed by atoms with Gasteiger partial charge in [-0.05, 0) is 44.7 Å². The maximum absolute atomic E-state index is 12.4. The molecule has 1 atom stereocenters. The van der Waals surface area contributed by atoms with E-state index < -0.39 is 0 Å². The molecule has 0 spiro atoms. The molecule has 1 aromatic carbocycles. The number of nitrogens with zero attached hydrogens (tertiary/aromatic N) is 2. The van der Waals surface area contributed by atoms with Gasteiger partial charge < -0.3 is 20.1 Å². The number of carbonyl (C=O) groups is 2. The highest BCUT2D eigenvalue weighted by atomic mass is 127. The summed E-state index contributed by atoms with van der Waals surface area (Å²) in [7, 11) is 0. The number of hydrogen-bond acceptors (Lipinski definition) is 5. The second kappa shape index (κ2) is 14.4. The molecule has 1 saturated heterocycles. The molecule has 1 aromatic rings. The summed E-state index contributed by atoms with van der Waals surface area (Å²) in [5.41, 5.74) is 1.01. The third kappa shape index (κ3) is 7.70. The third-order valence-corrected chi connectivity index (χ3v) is 5.42. The van der Waals surface area contributed by atoms with Gasteiger partial charge in [0.25, 0.3) is 11.8 Å². The van der Waals surface area contributed by atoms with Crippen molar-refractivity contribution in [3.05, 3.63) is 35.4 Å². The first-order valence-corrected chi connectivity index (χ1v) is 11.3. The number of amides is 2. The van der Waals surface area contributed by atoms with Gasteiger partial charge in [-0.3, -0.25) is 19.5 Å². The van der Waals surface area contributed by atoms with Crippen LogP contribution >= 0.6 is 24.0 Å². The van der Waals surface area contributed by atoms with Crippen molar-refractivity contribution in [2.24, 2.45) is 10.9 Å². The van der Waals surface area contributed by atoms with Gasteiger partial charge in [0.05, 0.1) is 24.3 Å². The summed E-state index contributed by atoms with van der Waals surface area (Å²) in [6.45, 7) is 7.85. The zero-order chi connectivity index (χ0) is 21.9. The van der Waals surface area contributed by atoms with Crippen molar-refractivity contribution in [2.45, 2.75) is 32.6 Å². The molecule has 8 nitrogen and oxygen atoms in total. The number of carbonyl (C=O) groups excluding carboxylic acids is 2. The molecule has 9 heteroatoms. The van der Waals surface area contributed by atoms with Gasteiger partial charge >= 0.3 is 0 Å². The number of hydrogen-bond donors (Lipinski definition) is 2. The van der Waals surface area contributed by atoms with E-state index in [9.17, 15) is 9.59 Å². The van der Waals surface area contributed by atoms with Crippen molar-refractivity contribution in [3.8, 4) is 0 Å². The minimum atomic E-state index is -0.189. The maximum Gasteiger partial charge on any atom is 0.261 e. The molecule has 0 radical (unpaired) electrons. The first-order valence-electron chi connectivity index (χ1n) is 11.3. The Morgan fingerprint density at radius 3 is 2.56 bits per heavy atom. The third-order valence-electron chi connectivity index (χ3n) is 5.42. The molecular weight excluding hydrogens is 523 g/mol. The smallest absolute Gasteiger partial charge is 0.261 e. The highest BCUT2D eigenvalue weighted by molar-refractivity contribution is 14.0. The zero-order valence-electron chi connectivity index (χ0n) is 18.8. The van der Waals surface area contributed by atoms with E-state index in [2.05, 4.69) is 15.6 Å². The van der Waals surface area contributed by atoms with Crippen LogP contribution in [-0.4, -0.2) is 75.3 Å². The number of nitrogens with one attached hydrogen (secondary N) is 2. The van der Waals surface area contributed by atoms with Gasteiger partial charge in [-0.25, -0.2) is 0 Å². The average molecular weight is 558 g/mol. The topological polar surface area (TPSA) is 92.3 Å². The van der Waals surface area contributed by atoms with Gasteiger partial charge in [0.2, 0.25) is 0 Å². The lowest BCUT2D eigenvalue weighted by atomic mass is 10.1. The molecule has 0 bridgehead atoms. The summed E-state index contributed by atoms with van der Waals surface area (Å²) in [5.74, 6) is 0.951. The number of halogens is 1. The lowest BCUT2D eigenvalue weighted by molar-refractivity contribution is 0.0651. The summed E-state index contributed by atoms with van der Waals surface area (Å²) >= 11 is 0. The maximum atomic E-state index is 12.4. The van der Waals surface area contributed by atoms with Crippen LogP contribution in [0.1, 0.15) is 53.3 Å². The van der Waals surface area contributed by atoms with E-state index in [4.69, 9.17) is 9.47 Å². The molecule has 1 fully saturated rings. The van der Waals surface area contributed by atoms with Crippen LogP contribution in [0.3, 0.4) is 0 Å². The standard InChI is InChI=1S/C23H34N4O4.HI/c1-2-24-23(26-12-7-14-30-16-18-10-15-31-17-18)25-11-5-6-13-27-21(28)19-8-3-4-9-20(19)22(27)29;/h3-4,8-9,18H,2,5-7,10-17H2,1H3,(H2,24,25,26);1H. The van der Waals surface area contributed by atoms with Gasteiger partial charge in [-0.15, -0.1) is 24.0 Å². The molecule has 2 heterocycles. The second-order valence-corrected chi connectivity index (χ2v) is 7.86. The molecule has 32 heavy (non-hydrogen) atoms. The molecule has 2 amide bonds. The predicted molar refractivity (Wildman–Crippen MR) is 135 cm³/mol. The van der Waals surface area contributed by atoms with Crippen LogP contribution in [0.5, 0.6) is 0 Å². The minimum Gasteiger partial charge on any atom is -0.381 e. The van der Waals surface area contributed by atoms with Crippen molar-refractivity contribution < 1.29 is 19.1 Å². The molecule has 1 unspecified atom stereocenters. The molecular formula is C23H35IN4O4. The highest BCUT2D eigenvalue weighted by Gasteiger charge is 2.34. The predicted octanol–water partition coefficient (Wildman–Crippen LogP) is 2.68. The van der Waals surface area contributed by atoms with E-state index in [1.54, 1.807) is 24.3 Å². The molecule has 0 saturated carbocycles. The average Bonchev–Trinajstić information content (AvgIpc) is 3.38. The second-order valence-electron chi connectivity index (χ2n) is 7.86. The van der Waals surface area contributed by atoms with Crippen molar-refractivity contribution in [3.63, 3.8) is 0 Å². The number of fused-ring (bicyclic) bond motifs is 1. The first kappa shape index (κ1) is 26.5. The minimum absolute atomic E-state index is 0. The summed E-state index contributed by atoms with van der Waals surface area (Å²) in [5, 5.41) is 6.55. The van der Waals surface area contributed by atoms with E-state index in [-0.39, 0.29) is 35.8 Å². The van der Waals surface area contributed by atoms with Gasteiger partial charge in [-0.2, -0.15) is 0 Å². The molecule has 178 valence electrons.